The van der Waals surface area contributed by atoms with Gasteiger partial charge in [-0.05, 0) is 43.6 Å². The van der Waals surface area contributed by atoms with Gasteiger partial charge in [0.2, 0.25) is 0 Å². The summed E-state index contributed by atoms with van der Waals surface area (Å²) in [5.41, 5.74) is 2.35. The first-order valence-corrected chi connectivity index (χ1v) is 7.68. The number of ether oxygens (including phenoxy) is 1. The largest absolute Gasteiger partial charge is 0.411 e. The summed E-state index contributed by atoms with van der Waals surface area (Å²) in [7, 11) is 0. The fourth-order valence-corrected chi connectivity index (χ4v) is 4.84. The molecule has 1 N–H and O–H groups in total. The van der Waals surface area contributed by atoms with Crippen LogP contribution in [0, 0.1) is 17.8 Å². The van der Waals surface area contributed by atoms with Gasteiger partial charge in [0, 0.05) is 11.8 Å². The van der Waals surface area contributed by atoms with Gasteiger partial charge >= 0.3 is 0 Å². The lowest BCUT2D eigenvalue weighted by Crippen LogP contribution is -2.56. The minimum absolute atomic E-state index is 0.0422. The van der Waals surface area contributed by atoms with Gasteiger partial charge in [-0.15, -0.1) is 0 Å². The summed E-state index contributed by atoms with van der Waals surface area (Å²) in [4.78, 5) is 0. The van der Waals surface area contributed by atoms with E-state index in [4.69, 9.17) is 4.74 Å². The van der Waals surface area contributed by atoms with Crippen LogP contribution in [-0.2, 0) is 11.3 Å². The number of hydrogen-bond donors (Lipinski definition) is 1. The molecule has 4 aliphatic rings. The van der Waals surface area contributed by atoms with Gasteiger partial charge in [-0.2, -0.15) is 0 Å². The average Bonchev–Trinajstić information content (AvgIpc) is 2.46. The van der Waals surface area contributed by atoms with Crippen LogP contribution in [0.4, 0.5) is 0 Å². The summed E-state index contributed by atoms with van der Waals surface area (Å²) in [5, 5.41) is 12.8. The smallest absolute Gasteiger partial charge is 0.0724 e. The Kier molecular flexibility index (Phi) is 2.84. The predicted molar refractivity (Wildman–Crippen MR) is 76.7 cm³/mol. The maximum Gasteiger partial charge on any atom is 0.0724 e. The van der Waals surface area contributed by atoms with Crippen LogP contribution in [0.3, 0.4) is 0 Å². The van der Waals surface area contributed by atoms with E-state index in [0.29, 0.717) is 18.4 Å². The summed E-state index contributed by atoms with van der Waals surface area (Å²) in [6.45, 7) is 0.707. The summed E-state index contributed by atoms with van der Waals surface area (Å²) < 4.78 is 6.38. The highest BCUT2D eigenvalue weighted by atomic mass is 16.5. The van der Waals surface area contributed by atoms with Crippen LogP contribution in [0.2, 0.25) is 0 Å². The van der Waals surface area contributed by atoms with Crippen molar-refractivity contribution in [3.05, 3.63) is 35.9 Å². The Morgan fingerprint density at radius 1 is 1.10 bits per heavy atom. The number of rotatable bonds is 3. The third-order valence-electron chi connectivity index (χ3n) is 5.47. The molecule has 0 amide bonds. The lowest BCUT2D eigenvalue weighted by atomic mass is 9.53. The highest BCUT2D eigenvalue weighted by Crippen LogP contribution is 2.56. The van der Waals surface area contributed by atoms with E-state index in [0.717, 1.165) is 24.5 Å². The van der Waals surface area contributed by atoms with Crippen molar-refractivity contribution >= 4 is 5.71 Å². The van der Waals surface area contributed by atoms with Gasteiger partial charge in [-0.3, -0.25) is 0 Å². The molecule has 4 fully saturated rings. The molecule has 1 aromatic rings. The Morgan fingerprint density at radius 2 is 1.80 bits per heavy atom. The zero-order chi connectivity index (χ0) is 13.6. The molecule has 3 heteroatoms. The molecule has 0 heterocycles. The quantitative estimate of drug-likeness (QED) is 0.674. The zero-order valence-corrected chi connectivity index (χ0v) is 11.7. The van der Waals surface area contributed by atoms with Crippen molar-refractivity contribution in [1.82, 2.24) is 0 Å². The van der Waals surface area contributed by atoms with E-state index in [9.17, 15) is 5.21 Å². The van der Waals surface area contributed by atoms with Crippen molar-refractivity contribution in [3.63, 3.8) is 0 Å². The topological polar surface area (TPSA) is 41.8 Å². The van der Waals surface area contributed by atoms with Crippen LogP contribution >= 0.6 is 0 Å². The Bertz CT molecular complexity index is 507. The number of nitrogens with zero attached hydrogens (tertiary/aromatic N) is 1. The first-order chi connectivity index (χ1) is 9.78. The average molecular weight is 271 g/mol. The molecular formula is C17H21NO2. The van der Waals surface area contributed by atoms with Crippen LogP contribution < -0.4 is 0 Å². The second-order valence-corrected chi connectivity index (χ2v) is 6.83. The molecule has 4 saturated carbocycles. The maximum atomic E-state index is 9.24. The van der Waals surface area contributed by atoms with Crippen LogP contribution in [0.25, 0.3) is 0 Å². The number of oxime groups is 1. The molecule has 0 radical (unpaired) electrons. The molecule has 0 spiro atoms. The van der Waals surface area contributed by atoms with E-state index >= 15 is 0 Å². The molecule has 4 aliphatic carbocycles. The second-order valence-electron chi connectivity index (χ2n) is 6.83. The molecular weight excluding hydrogens is 250 g/mol. The fourth-order valence-electron chi connectivity index (χ4n) is 4.84. The van der Waals surface area contributed by atoms with E-state index < -0.39 is 0 Å². The van der Waals surface area contributed by atoms with E-state index in [2.05, 4.69) is 29.4 Å². The van der Waals surface area contributed by atoms with Crippen molar-refractivity contribution in [2.45, 2.75) is 44.3 Å². The van der Waals surface area contributed by atoms with Gasteiger partial charge in [-0.1, -0.05) is 35.5 Å². The Balaban J connectivity index is 1.51. The first-order valence-electron chi connectivity index (χ1n) is 7.68. The minimum Gasteiger partial charge on any atom is -0.411 e. The highest BCUT2D eigenvalue weighted by Gasteiger charge is 2.55. The molecule has 2 unspecified atom stereocenters. The van der Waals surface area contributed by atoms with Crippen molar-refractivity contribution in [1.29, 1.82) is 0 Å². The SMILES string of the molecule is ON=C1C2CC3CC1CC(OCc1ccccc1)(C3)C2. The van der Waals surface area contributed by atoms with Crippen LogP contribution in [0.1, 0.15) is 37.7 Å². The Morgan fingerprint density at radius 3 is 2.45 bits per heavy atom. The number of benzene rings is 1. The Labute approximate surface area is 119 Å². The van der Waals surface area contributed by atoms with Crippen molar-refractivity contribution in [2.75, 3.05) is 0 Å². The molecule has 4 bridgehead atoms. The summed E-state index contributed by atoms with van der Waals surface area (Å²) in [5.74, 6) is 1.69. The van der Waals surface area contributed by atoms with Gasteiger partial charge in [0.1, 0.15) is 0 Å². The van der Waals surface area contributed by atoms with Gasteiger partial charge < -0.3 is 9.94 Å². The fraction of sp³-hybridized carbons (Fsp3) is 0.588. The molecule has 106 valence electrons. The summed E-state index contributed by atoms with van der Waals surface area (Å²) in [6, 6.07) is 10.4. The predicted octanol–water partition coefficient (Wildman–Crippen LogP) is 3.61. The highest BCUT2D eigenvalue weighted by molar-refractivity contribution is 5.90. The molecule has 0 saturated heterocycles. The van der Waals surface area contributed by atoms with E-state index in [1.165, 1.54) is 24.8 Å². The molecule has 0 aliphatic heterocycles. The van der Waals surface area contributed by atoms with Crippen LogP contribution in [0.15, 0.2) is 35.5 Å². The summed E-state index contributed by atoms with van der Waals surface area (Å²) >= 11 is 0. The lowest BCUT2D eigenvalue weighted by molar-refractivity contribution is -0.139. The normalized spacial score (nSPS) is 38.2. The number of hydrogen-bond acceptors (Lipinski definition) is 3. The zero-order valence-electron chi connectivity index (χ0n) is 11.7. The first kappa shape index (κ1) is 12.4. The van der Waals surface area contributed by atoms with Crippen molar-refractivity contribution in [2.24, 2.45) is 22.9 Å². The lowest BCUT2D eigenvalue weighted by Gasteiger charge is -2.56. The second kappa shape index (κ2) is 4.59. The minimum atomic E-state index is 0.0422. The third-order valence-corrected chi connectivity index (χ3v) is 5.47. The van der Waals surface area contributed by atoms with Gasteiger partial charge in [0.15, 0.2) is 0 Å². The molecule has 20 heavy (non-hydrogen) atoms. The van der Waals surface area contributed by atoms with Crippen LogP contribution in [0.5, 0.6) is 0 Å². The summed E-state index contributed by atoms with van der Waals surface area (Å²) in [6.07, 6.45) is 5.70. The van der Waals surface area contributed by atoms with Gasteiger partial charge in [-0.25, -0.2) is 0 Å². The van der Waals surface area contributed by atoms with Gasteiger partial charge in [0.25, 0.3) is 0 Å². The van der Waals surface area contributed by atoms with Crippen LogP contribution in [-0.4, -0.2) is 16.5 Å². The van der Waals surface area contributed by atoms with Crippen molar-refractivity contribution in [3.8, 4) is 0 Å². The van der Waals surface area contributed by atoms with E-state index in [1.807, 2.05) is 6.07 Å². The molecule has 0 aromatic heterocycles. The maximum absolute atomic E-state index is 9.24. The van der Waals surface area contributed by atoms with Crippen molar-refractivity contribution < 1.29 is 9.94 Å². The van der Waals surface area contributed by atoms with E-state index in [1.54, 1.807) is 0 Å². The third kappa shape index (κ3) is 1.96. The standard InChI is InChI=1S/C17H21NO2/c19-18-16-14-6-13-7-15(16)10-17(8-13,9-14)20-11-12-4-2-1-3-5-12/h1-5,13-15,19H,6-11H2. The van der Waals surface area contributed by atoms with E-state index in [-0.39, 0.29) is 5.60 Å². The Hall–Kier alpha value is -1.35. The monoisotopic (exact) mass is 271 g/mol. The molecule has 1 aromatic carbocycles. The molecule has 3 nitrogen and oxygen atoms in total. The molecule has 2 atom stereocenters. The molecule has 5 rings (SSSR count). The van der Waals surface area contributed by atoms with Gasteiger partial charge in [0.05, 0.1) is 17.9 Å².